The van der Waals surface area contributed by atoms with E-state index in [2.05, 4.69) is 20.7 Å². The number of aliphatic carboxylic acids is 1. The molecule has 9 heteroatoms. The first-order valence-corrected chi connectivity index (χ1v) is 9.12. The van der Waals surface area contributed by atoms with Crippen molar-refractivity contribution in [1.29, 1.82) is 0 Å². The maximum Gasteiger partial charge on any atom is 0.341 e. The smallest absolute Gasteiger partial charge is 0.341 e. The Morgan fingerprint density at radius 1 is 1.17 bits per heavy atom. The number of ether oxygens (including phenoxy) is 2. The molecular weight excluding hydrogens is 388 g/mol. The standard InChI is InChI=1S/C21H20N4O5/c1-2-29-16-9-7-14(8-10-16)17-11-18(24-23-17)21(28)25-22-12-15-5-3-4-6-19(15)30-13-20(26)27/h3-12H,2,13H2,1H3,(H,23,24)(H,25,28)(H,26,27)/b22-12+. The minimum absolute atomic E-state index is 0.242. The molecule has 0 fully saturated rings. The number of carbonyl (C=O) groups is 2. The number of hydrazone groups is 1. The van der Waals surface area contributed by atoms with E-state index in [1.165, 1.54) is 6.21 Å². The molecule has 0 saturated heterocycles. The fourth-order valence-electron chi connectivity index (χ4n) is 2.55. The number of amides is 1. The maximum absolute atomic E-state index is 12.3. The summed E-state index contributed by atoms with van der Waals surface area (Å²) in [5.41, 5.74) is 4.61. The number of carboxylic acids is 1. The molecule has 154 valence electrons. The highest BCUT2D eigenvalue weighted by Gasteiger charge is 2.11. The van der Waals surface area contributed by atoms with Gasteiger partial charge in [0.1, 0.15) is 17.2 Å². The number of aromatic nitrogens is 2. The quantitative estimate of drug-likeness (QED) is 0.369. The van der Waals surface area contributed by atoms with Gasteiger partial charge in [0.15, 0.2) is 6.61 Å². The van der Waals surface area contributed by atoms with Gasteiger partial charge in [0.05, 0.1) is 18.5 Å². The molecule has 0 radical (unpaired) electrons. The number of aromatic amines is 1. The zero-order valence-electron chi connectivity index (χ0n) is 16.2. The average molecular weight is 408 g/mol. The van der Waals surface area contributed by atoms with Gasteiger partial charge in [-0.1, -0.05) is 12.1 Å². The van der Waals surface area contributed by atoms with Gasteiger partial charge in [-0.05, 0) is 49.4 Å². The van der Waals surface area contributed by atoms with Gasteiger partial charge < -0.3 is 14.6 Å². The van der Waals surface area contributed by atoms with Gasteiger partial charge in [-0.3, -0.25) is 9.89 Å². The Hall–Kier alpha value is -4.14. The van der Waals surface area contributed by atoms with Crippen LogP contribution in [0.15, 0.2) is 59.7 Å². The van der Waals surface area contributed by atoms with E-state index in [-0.39, 0.29) is 5.69 Å². The number of rotatable bonds is 9. The van der Waals surface area contributed by atoms with Crippen LogP contribution < -0.4 is 14.9 Å². The Balaban J connectivity index is 1.63. The summed E-state index contributed by atoms with van der Waals surface area (Å²) in [5.74, 6) is -0.452. The predicted octanol–water partition coefficient (Wildman–Crippen LogP) is 2.70. The van der Waals surface area contributed by atoms with Crippen LogP contribution in [-0.4, -0.2) is 46.6 Å². The van der Waals surface area contributed by atoms with Crippen molar-refractivity contribution in [1.82, 2.24) is 15.6 Å². The number of nitrogens with zero attached hydrogens (tertiary/aromatic N) is 2. The predicted molar refractivity (Wildman–Crippen MR) is 110 cm³/mol. The van der Waals surface area contributed by atoms with Gasteiger partial charge in [-0.15, -0.1) is 0 Å². The highest BCUT2D eigenvalue weighted by Crippen LogP contribution is 2.21. The average Bonchev–Trinajstić information content (AvgIpc) is 3.24. The lowest BCUT2D eigenvalue weighted by molar-refractivity contribution is -0.139. The fraction of sp³-hybridized carbons (Fsp3) is 0.143. The van der Waals surface area contributed by atoms with Crippen LogP contribution in [0.4, 0.5) is 0 Å². The number of nitrogens with one attached hydrogen (secondary N) is 2. The summed E-state index contributed by atoms with van der Waals surface area (Å²) in [6, 6.07) is 15.8. The first kappa shape index (κ1) is 20.6. The third-order valence-electron chi connectivity index (χ3n) is 3.92. The van der Waals surface area contributed by atoms with E-state index in [0.29, 0.717) is 23.6 Å². The van der Waals surface area contributed by atoms with Crippen LogP contribution in [0.3, 0.4) is 0 Å². The van der Waals surface area contributed by atoms with Crippen LogP contribution in [0.1, 0.15) is 23.0 Å². The van der Waals surface area contributed by atoms with Gasteiger partial charge in [-0.25, -0.2) is 10.2 Å². The molecule has 0 aliphatic heterocycles. The van der Waals surface area contributed by atoms with Crippen molar-refractivity contribution >= 4 is 18.1 Å². The normalized spacial score (nSPS) is 10.7. The lowest BCUT2D eigenvalue weighted by atomic mass is 10.1. The zero-order chi connectivity index (χ0) is 21.3. The first-order valence-electron chi connectivity index (χ1n) is 9.12. The lowest BCUT2D eigenvalue weighted by Crippen LogP contribution is -2.18. The molecule has 9 nitrogen and oxygen atoms in total. The van der Waals surface area contributed by atoms with E-state index in [4.69, 9.17) is 14.6 Å². The van der Waals surface area contributed by atoms with E-state index in [0.717, 1.165) is 11.3 Å². The summed E-state index contributed by atoms with van der Waals surface area (Å²) in [4.78, 5) is 23.0. The molecule has 3 aromatic rings. The van der Waals surface area contributed by atoms with Crippen LogP contribution in [0.25, 0.3) is 11.3 Å². The summed E-state index contributed by atoms with van der Waals surface area (Å²) in [5, 5.41) is 19.5. The summed E-state index contributed by atoms with van der Waals surface area (Å²) < 4.78 is 10.6. The second-order valence-corrected chi connectivity index (χ2v) is 6.04. The molecule has 2 aromatic carbocycles. The molecule has 0 aliphatic rings. The molecule has 30 heavy (non-hydrogen) atoms. The van der Waals surface area contributed by atoms with Gasteiger partial charge in [-0.2, -0.15) is 10.2 Å². The Bertz CT molecular complexity index is 1040. The molecule has 3 N–H and O–H groups in total. The molecular formula is C21H20N4O5. The number of carbonyl (C=O) groups excluding carboxylic acids is 1. The van der Waals surface area contributed by atoms with E-state index < -0.39 is 18.5 Å². The second kappa shape index (κ2) is 9.87. The number of carboxylic acid groups (broad SMARTS) is 1. The molecule has 0 aliphatic carbocycles. The van der Waals surface area contributed by atoms with E-state index >= 15 is 0 Å². The summed E-state index contributed by atoms with van der Waals surface area (Å²) in [7, 11) is 0. The molecule has 1 aromatic heterocycles. The highest BCUT2D eigenvalue weighted by molar-refractivity contribution is 5.94. The second-order valence-electron chi connectivity index (χ2n) is 6.04. The van der Waals surface area contributed by atoms with E-state index in [1.54, 1.807) is 30.3 Å². The lowest BCUT2D eigenvalue weighted by Gasteiger charge is -2.06. The minimum atomic E-state index is -1.09. The number of para-hydroxylation sites is 1. The van der Waals surface area contributed by atoms with Crippen molar-refractivity contribution in [2.24, 2.45) is 5.10 Å². The summed E-state index contributed by atoms with van der Waals surface area (Å²) in [6.07, 6.45) is 1.37. The highest BCUT2D eigenvalue weighted by atomic mass is 16.5. The van der Waals surface area contributed by atoms with E-state index in [1.807, 2.05) is 31.2 Å². The van der Waals surface area contributed by atoms with Crippen LogP contribution in [0.5, 0.6) is 11.5 Å². The van der Waals surface area contributed by atoms with Gasteiger partial charge >= 0.3 is 5.97 Å². The van der Waals surface area contributed by atoms with Crippen molar-refractivity contribution < 1.29 is 24.2 Å². The molecule has 1 amide bonds. The minimum Gasteiger partial charge on any atom is -0.494 e. The summed E-state index contributed by atoms with van der Waals surface area (Å²) in [6.45, 7) is 2.03. The van der Waals surface area contributed by atoms with Crippen molar-refractivity contribution in [3.63, 3.8) is 0 Å². The maximum atomic E-state index is 12.3. The third kappa shape index (κ3) is 5.44. The molecule has 3 rings (SSSR count). The van der Waals surface area contributed by atoms with E-state index in [9.17, 15) is 9.59 Å². The third-order valence-corrected chi connectivity index (χ3v) is 3.92. The molecule has 0 saturated carbocycles. The molecule has 0 bridgehead atoms. The number of hydrogen-bond donors (Lipinski definition) is 3. The molecule has 1 heterocycles. The zero-order valence-corrected chi connectivity index (χ0v) is 16.2. The topological polar surface area (TPSA) is 126 Å². The number of hydrogen-bond acceptors (Lipinski definition) is 6. The Morgan fingerprint density at radius 2 is 1.93 bits per heavy atom. The molecule has 0 atom stereocenters. The van der Waals surface area contributed by atoms with Crippen molar-refractivity contribution in [2.45, 2.75) is 6.92 Å². The largest absolute Gasteiger partial charge is 0.494 e. The Labute approximate surface area is 172 Å². The fourth-order valence-corrected chi connectivity index (χ4v) is 2.55. The van der Waals surface area contributed by atoms with Crippen molar-refractivity contribution in [3.8, 4) is 22.8 Å². The summed E-state index contributed by atoms with van der Waals surface area (Å²) >= 11 is 0. The van der Waals surface area contributed by atoms with Gasteiger partial charge in [0.25, 0.3) is 5.91 Å². The molecule has 0 unspecified atom stereocenters. The monoisotopic (exact) mass is 408 g/mol. The first-order chi connectivity index (χ1) is 14.6. The Kier molecular flexibility index (Phi) is 6.78. The Morgan fingerprint density at radius 3 is 2.67 bits per heavy atom. The van der Waals surface area contributed by atoms with Crippen LogP contribution in [0.2, 0.25) is 0 Å². The van der Waals surface area contributed by atoms with Crippen molar-refractivity contribution in [2.75, 3.05) is 13.2 Å². The number of H-pyrrole nitrogens is 1. The van der Waals surface area contributed by atoms with Crippen molar-refractivity contribution in [3.05, 3.63) is 65.9 Å². The number of benzene rings is 2. The van der Waals surface area contributed by atoms with Crippen LogP contribution in [0, 0.1) is 0 Å². The van der Waals surface area contributed by atoms with Crippen LogP contribution in [-0.2, 0) is 4.79 Å². The van der Waals surface area contributed by atoms with Gasteiger partial charge in [0.2, 0.25) is 0 Å². The molecule has 0 spiro atoms. The van der Waals surface area contributed by atoms with Crippen LogP contribution >= 0.6 is 0 Å². The van der Waals surface area contributed by atoms with Gasteiger partial charge in [0, 0.05) is 11.1 Å². The SMILES string of the molecule is CCOc1ccc(-c2cc(C(=O)N/N=C/c3ccccc3OCC(=O)O)[nH]n2)cc1.